The Morgan fingerprint density at radius 1 is 1.32 bits per heavy atom. The van der Waals surface area contributed by atoms with Gasteiger partial charge in [0.05, 0.1) is 25.5 Å². The first-order valence-corrected chi connectivity index (χ1v) is 7.86. The Bertz CT molecular complexity index is 507. The molecule has 0 aromatic heterocycles. The highest BCUT2D eigenvalue weighted by Gasteiger charge is 2.16. The maximum absolute atomic E-state index is 12.0. The smallest absolute Gasteiger partial charge is 0.242 e. The summed E-state index contributed by atoms with van der Waals surface area (Å²) >= 11 is 3.22. The second-order valence-corrected chi connectivity index (χ2v) is 6.34. The number of sulfonamides is 1. The van der Waals surface area contributed by atoms with Gasteiger partial charge in [-0.05, 0) is 18.2 Å². The van der Waals surface area contributed by atoms with E-state index >= 15 is 0 Å². The summed E-state index contributed by atoms with van der Waals surface area (Å²) in [6.45, 7) is 1.37. The molecule has 0 aliphatic rings. The summed E-state index contributed by atoms with van der Waals surface area (Å²) in [5, 5.41) is 0. The molecule has 3 N–H and O–H groups in total. The van der Waals surface area contributed by atoms with Gasteiger partial charge in [0.2, 0.25) is 10.0 Å². The SMILES string of the molecule is COCCOCCNS(=O)(=O)c1ccc(Br)cc1N. The third-order valence-electron chi connectivity index (χ3n) is 2.23. The van der Waals surface area contributed by atoms with E-state index in [4.69, 9.17) is 15.2 Å². The molecule has 0 bridgehead atoms. The van der Waals surface area contributed by atoms with Gasteiger partial charge in [-0.25, -0.2) is 13.1 Å². The zero-order chi connectivity index (χ0) is 14.3. The van der Waals surface area contributed by atoms with Crippen LogP contribution >= 0.6 is 15.9 Å². The molecule has 108 valence electrons. The first-order chi connectivity index (χ1) is 8.97. The number of hydrogen-bond acceptors (Lipinski definition) is 5. The Labute approximate surface area is 121 Å². The van der Waals surface area contributed by atoms with Crippen LogP contribution < -0.4 is 10.5 Å². The van der Waals surface area contributed by atoms with Crippen LogP contribution in [0, 0.1) is 0 Å². The molecule has 0 heterocycles. The fourth-order valence-electron chi connectivity index (χ4n) is 1.33. The van der Waals surface area contributed by atoms with Crippen molar-refractivity contribution in [3.63, 3.8) is 0 Å². The Kier molecular flexibility index (Phi) is 6.73. The van der Waals surface area contributed by atoms with E-state index in [0.29, 0.717) is 13.2 Å². The number of nitrogens with two attached hydrogens (primary N) is 1. The van der Waals surface area contributed by atoms with Gasteiger partial charge in [0, 0.05) is 18.1 Å². The number of nitrogens with one attached hydrogen (secondary N) is 1. The van der Waals surface area contributed by atoms with Crippen molar-refractivity contribution >= 4 is 31.6 Å². The molecule has 0 unspecified atom stereocenters. The van der Waals surface area contributed by atoms with Crippen molar-refractivity contribution in [1.29, 1.82) is 0 Å². The average molecular weight is 353 g/mol. The molecule has 1 aromatic carbocycles. The van der Waals surface area contributed by atoms with Crippen molar-refractivity contribution in [1.82, 2.24) is 4.72 Å². The zero-order valence-electron chi connectivity index (χ0n) is 10.6. The first-order valence-electron chi connectivity index (χ1n) is 5.59. The maximum Gasteiger partial charge on any atom is 0.242 e. The highest BCUT2D eigenvalue weighted by Crippen LogP contribution is 2.22. The minimum absolute atomic E-state index is 0.0626. The second kappa shape index (κ2) is 7.81. The Morgan fingerprint density at radius 2 is 2.05 bits per heavy atom. The molecule has 0 atom stereocenters. The van der Waals surface area contributed by atoms with Gasteiger partial charge in [0.15, 0.2) is 0 Å². The third kappa shape index (κ3) is 5.45. The van der Waals surface area contributed by atoms with Crippen LogP contribution in [0.2, 0.25) is 0 Å². The van der Waals surface area contributed by atoms with Crippen LogP contribution in [0.25, 0.3) is 0 Å². The lowest BCUT2D eigenvalue weighted by Crippen LogP contribution is -2.28. The molecule has 0 aliphatic heterocycles. The predicted octanol–water partition coefficient (Wildman–Crippen LogP) is 0.973. The standard InChI is InChI=1S/C11H17BrN2O4S/c1-17-6-7-18-5-4-14-19(15,16)11-3-2-9(12)8-10(11)13/h2-3,8,14H,4-7,13H2,1H3. The molecule has 19 heavy (non-hydrogen) atoms. The van der Waals surface area contributed by atoms with Crippen molar-refractivity contribution in [3.05, 3.63) is 22.7 Å². The predicted molar refractivity (Wildman–Crippen MR) is 76.4 cm³/mol. The molecule has 0 radical (unpaired) electrons. The molecule has 0 saturated heterocycles. The summed E-state index contributed by atoms with van der Waals surface area (Å²) in [4.78, 5) is 0.0626. The monoisotopic (exact) mass is 352 g/mol. The van der Waals surface area contributed by atoms with Crippen LogP contribution in [-0.4, -0.2) is 41.9 Å². The molecule has 0 aliphatic carbocycles. The summed E-state index contributed by atoms with van der Waals surface area (Å²) in [5.41, 5.74) is 5.88. The Balaban J connectivity index is 2.52. The fourth-order valence-corrected chi connectivity index (χ4v) is 2.84. The normalized spacial score (nSPS) is 11.7. The van der Waals surface area contributed by atoms with Gasteiger partial charge in [0.1, 0.15) is 4.90 Å². The fraction of sp³-hybridized carbons (Fsp3) is 0.455. The Morgan fingerprint density at radius 3 is 2.68 bits per heavy atom. The molecule has 0 saturated carbocycles. The topological polar surface area (TPSA) is 90.6 Å². The molecule has 1 rings (SSSR count). The van der Waals surface area contributed by atoms with E-state index < -0.39 is 10.0 Å². The van der Waals surface area contributed by atoms with Crippen molar-refractivity contribution < 1.29 is 17.9 Å². The number of rotatable bonds is 8. The number of halogens is 1. The number of hydrogen-bond donors (Lipinski definition) is 2. The van der Waals surface area contributed by atoms with E-state index in [-0.39, 0.29) is 23.7 Å². The quantitative estimate of drug-likeness (QED) is 0.537. The van der Waals surface area contributed by atoms with Crippen LogP contribution in [0.1, 0.15) is 0 Å². The minimum Gasteiger partial charge on any atom is -0.398 e. The first kappa shape index (κ1) is 16.4. The van der Waals surface area contributed by atoms with Crippen LogP contribution in [0.3, 0.4) is 0 Å². The molecule has 0 fully saturated rings. The number of nitrogen functional groups attached to an aromatic ring is 1. The number of anilines is 1. The van der Waals surface area contributed by atoms with Gasteiger partial charge in [-0.3, -0.25) is 0 Å². The van der Waals surface area contributed by atoms with Gasteiger partial charge >= 0.3 is 0 Å². The van der Waals surface area contributed by atoms with Gasteiger partial charge in [0.25, 0.3) is 0 Å². The van der Waals surface area contributed by atoms with E-state index in [1.165, 1.54) is 6.07 Å². The van der Waals surface area contributed by atoms with Gasteiger partial charge in [-0.1, -0.05) is 15.9 Å². The molecular formula is C11H17BrN2O4S. The summed E-state index contributed by atoms with van der Waals surface area (Å²) in [5.74, 6) is 0. The summed E-state index contributed by atoms with van der Waals surface area (Å²) in [7, 11) is -2.04. The minimum atomic E-state index is -3.61. The summed E-state index contributed by atoms with van der Waals surface area (Å²) < 4.78 is 37.1. The highest BCUT2D eigenvalue weighted by atomic mass is 79.9. The molecule has 1 aromatic rings. The lowest BCUT2D eigenvalue weighted by atomic mass is 10.3. The largest absolute Gasteiger partial charge is 0.398 e. The average Bonchev–Trinajstić information content (AvgIpc) is 2.33. The van der Waals surface area contributed by atoms with Crippen molar-refractivity contribution in [2.24, 2.45) is 0 Å². The molecule has 8 heteroatoms. The van der Waals surface area contributed by atoms with Crippen LogP contribution in [-0.2, 0) is 19.5 Å². The van der Waals surface area contributed by atoms with Gasteiger partial charge in [-0.2, -0.15) is 0 Å². The van der Waals surface area contributed by atoms with Crippen LogP contribution in [0.5, 0.6) is 0 Å². The summed E-state index contributed by atoms with van der Waals surface area (Å²) in [6, 6.07) is 4.62. The third-order valence-corrected chi connectivity index (χ3v) is 4.26. The van der Waals surface area contributed by atoms with E-state index in [9.17, 15) is 8.42 Å². The van der Waals surface area contributed by atoms with E-state index in [2.05, 4.69) is 20.7 Å². The van der Waals surface area contributed by atoms with Crippen LogP contribution in [0.15, 0.2) is 27.6 Å². The van der Waals surface area contributed by atoms with Gasteiger partial charge < -0.3 is 15.2 Å². The molecule has 6 nitrogen and oxygen atoms in total. The summed E-state index contributed by atoms with van der Waals surface area (Å²) in [6.07, 6.45) is 0. The lowest BCUT2D eigenvalue weighted by molar-refractivity contribution is 0.0736. The number of benzene rings is 1. The van der Waals surface area contributed by atoms with E-state index in [1.807, 2.05) is 0 Å². The number of ether oxygens (including phenoxy) is 2. The lowest BCUT2D eigenvalue weighted by Gasteiger charge is -2.09. The number of methoxy groups -OCH3 is 1. The van der Waals surface area contributed by atoms with E-state index in [0.717, 1.165) is 4.47 Å². The van der Waals surface area contributed by atoms with Gasteiger partial charge in [-0.15, -0.1) is 0 Å². The Hall–Kier alpha value is -0.670. The van der Waals surface area contributed by atoms with E-state index in [1.54, 1.807) is 19.2 Å². The van der Waals surface area contributed by atoms with Crippen molar-refractivity contribution in [2.75, 3.05) is 39.2 Å². The maximum atomic E-state index is 12.0. The van der Waals surface area contributed by atoms with Crippen molar-refractivity contribution in [3.8, 4) is 0 Å². The zero-order valence-corrected chi connectivity index (χ0v) is 13.0. The molecule has 0 amide bonds. The van der Waals surface area contributed by atoms with Crippen molar-refractivity contribution in [2.45, 2.75) is 4.90 Å². The highest BCUT2D eigenvalue weighted by molar-refractivity contribution is 9.10. The second-order valence-electron chi connectivity index (χ2n) is 3.69. The molecule has 0 spiro atoms. The van der Waals surface area contributed by atoms with Crippen LogP contribution in [0.4, 0.5) is 5.69 Å². The molecular weight excluding hydrogens is 336 g/mol.